The van der Waals surface area contributed by atoms with Gasteiger partial charge < -0.3 is 4.90 Å². The van der Waals surface area contributed by atoms with Gasteiger partial charge in [0.2, 0.25) is 0 Å². The minimum Gasteiger partial charge on any atom is -0.302 e. The Kier molecular flexibility index (Phi) is 5.21. The minimum atomic E-state index is 0. The molecule has 0 radical (unpaired) electrons. The molecule has 2 unspecified atom stereocenters. The van der Waals surface area contributed by atoms with Crippen LogP contribution in [-0.4, -0.2) is 19.0 Å². The second-order valence-electron chi connectivity index (χ2n) is 5.56. The molecule has 2 aromatic rings. The van der Waals surface area contributed by atoms with Crippen LogP contribution in [0.5, 0.6) is 0 Å². The maximum atomic E-state index is 6.41. The van der Waals surface area contributed by atoms with E-state index >= 15 is 0 Å². The minimum absolute atomic E-state index is 0. The van der Waals surface area contributed by atoms with Crippen LogP contribution in [0.4, 0.5) is 0 Å². The van der Waals surface area contributed by atoms with Crippen molar-refractivity contribution in [1.82, 2.24) is 4.90 Å². The predicted molar refractivity (Wildman–Crippen MR) is 93.0 cm³/mol. The van der Waals surface area contributed by atoms with E-state index in [2.05, 4.69) is 49.3 Å². The summed E-state index contributed by atoms with van der Waals surface area (Å²) in [5.41, 5.74) is 3.97. The van der Waals surface area contributed by atoms with E-state index in [0.717, 1.165) is 11.4 Å². The van der Waals surface area contributed by atoms with E-state index in [-0.39, 0.29) is 12.4 Å². The maximum Gasteiger partial charge on any atom is 0.0459 e. The van der Waals surface area contributed by atoms with Gasteiger partial charge in [-0.15, -0.1) is 12.4 Å². The standard InChI is InChI=1S/C17H17Cl2N.ClH/c1-20(2)17-10-15(12-5-3-4-6-14(12)17)13-8-7-11(18)9-16(13)19;/h3-9,15,17H,10H2,1-2H3;1H. The van der Waals surface area contributed by atoms with Crippen LogP contribution in [0, 0.1) is 0 Å². The number of rotatable bonds is 2. The van der Waals surface area contributed by atoms with Gasteiger partial charge in [0, 0.05) is 22.0 Å². The molecule has 0 saturated heterocycles. The Morgan fingerprint density at radius 1 is 0.952 bits per heavy atom. The normalized spacial score (nSPS) is 20.2. The second-order valence-corrected chi connectivity index (χ2v) is 6.41. The van der Waals surface area contributed by atoms with Crippen LogP contribution in [0.1, 0.15) is 35.1 Å². The van der Waals surface area contributed by atoms with Crippen molar-refractivity contribution in [2.75, 3.05) is 14.1 Å². The number of halogens is 3. The number of hydrogen-bond donors (Lipinski definition) is 0. The van der Waals surface area contributed by atoms with Crippen LogP contribution in [0.3, 0.4) is 0 Å². The highest BCUT2D eigenvalue weighted by Gasteiger charge is 2.33. The van der Waals surface area contributed by atoms with Crippen LogP contribution in [0.25, 0.3) is 0 Å². The first kappa shape index (κ1) is 16.6. The van der Waals surface area contributed by atoms with Crippen molar-refractivity contribution in [3.63, 3.8) is 0 Å². The van der Waals surface area contributed by atoms with E-state index in [1.165, 1.54) is 16.7 Å². The summed E-state index contributed by atoms with van der Waals surface area (Å²) < 4.78 is 0. The summed E-state index contributed by atoms with van der Waals surface area (Å²) in [4.78, 5) is 2.28. The van der Waals surface area contributed by atoms with Gasteiger partial charge in [-0.25, -0.2) is 0 Å². The first-order chi connectivity index (χ1) is 9.58. The van der Waals surface area contributed by atoms with Crippen LogP contribution in [0.15, 0.2) is 42.5 Å². The molecule has 0 N–H and O–H groups in total. The summed E-state index contributed by atoms with van der Waals surface area (Å²) >= 11 is 12.4. The molecule has 0 fully saturated rings. The molecule has 0 amide bonds. The molecule has 0 heterocycles. The zero-order valence-electron chi connectivity index (χ0n) is 12.0. The average Bonchev–Trinajstić information content (AvgIpc) is 2.78. The summed E-state index contributed by atoms with van der Waals surface area (Å²) in [5, 5.41) is 1.45. The van der Waals surface area contributed by atoms with E-state index in [1.54, 1.807) is 0 Å². The fourth-order valence-electron chi connectivity index (χ4n) is 3.18. The molecule has 1 nitrogen and oxygen atoms in total. The summed E-state index contributed by atoms with van der Waals surface area (Å²) in [6.45, 7) is 0. The molecule has 2 aromatic carbocycles. The molecule has 0 bridgehead atoms. The smallest absolute Gasteiger partial charge is 0.0459 e. The second kappa shape index (κ2) is 6.58. The predicted octanol–water partition coefficient (Wildman–Crippen LogP) is 5.55. The van der Waals surface area contributed by atoms with E-state index in [9.17, 15) is 0 Å². The van der Waals surface area contributed by atoms with Crippen molar-refractivity contribution in [2.24, 2.45) is 0 Å². The lowest BCUT2D eigenvalue weighted by molar-refractivity contribution is 0.293. The molecule has 0 aromatic heterocycles. The first-order valence-electron chi connectivity index (χ1n) is 6.78. The molecule has 0 saturated carbocycles. The third-order valence-electron chi connectivity index (χ3n) is 4.15. The van der Waals surface area contributed by atoms with Gasteiger partial charge in [0.25, 0.3) is 0 Å². The molecular formula is C17H18Cl3N. The van der Waals surface area contributed by atoms with Crippen molar-refractivity contribution < 1.29 is 0 Å². The number of fused-ring (bicyclic) bond motifs is 1. The highest BCUT2D eigenvalue weighted by atomic mass is 35.5. The van der Waals surface area contributed by atoms with E-state index in [4.69, 9.17) is 23.2 Å². The summed E-state index contributed by atoms with van der Waals surface area (Å²) in [7, 11) is 4.26. The topological polar surface area (TPSA) is 3.24 Å². The molecule has 21 heavy (non-hydrogen) atoms. The Balaban J connectivity index is 0.00000161. The highest BCUT2D eigenvalue weighted by Crippen LogP contribution is 2.47. The SMILES string of the molecule is CN(C)C1CC(c2ccc(Cl)cc2Cl)c2ccccc21.Cl. The Labute approximate surface area is 142 Å². The molecule has 4 heteroatoms. The lowest BCUT2D eigenvalue weighted by Gasteiger charge is -2.20. The largest absolute Gasteiger partial charge is 0.302 e. The number of hydrogen-bond acceptors (Lipinski definition) is 1. The van der Waals surface area contributed by atoms with Crippen molar-refractivity contribution in [3.8, 4) is 0 Å². The number of nitrogens with zero attached hydrogens (tertiary/aromatic N) is 1. The van der Waals surface area contributed by atoms with Gasteiger partial charge in [-0.3, -0.25) is 0 Å². The van der Waals surface area contributed by atoms with Crippen molar-refractivity contribution in [2.45, 2.75) is 18.4 Å². The van der Waals surface area contributed by atoms with Gasteiger partial charge in [-0.05, 0) is 49.3 Å². The lowest BCUT2D eigenvalue weighted by Crippen LogP contribution is -2.17. The summed E-state index contributed by atoms with van der Waals surface area (Å²) in [5.74, 6) is 0.350. The molecule has 3 rings (SSSR count). The van der Waals surface area contributed by atoms with Crippen molar-refractivity contribution in [3.05, 3.63) is 69.2 Å². The first-order valence-corrected chi connectivity index (χ1v) is 7.53. The summed E-state index contributed by atoms with van der Waals surface area (Å²) in [6.07, 6.45) is 1.06. The Bertz CT molecular complexity index is 640. The Morgan fingerprint density at radius 2 is 1.62 bits per heavy atom. The van der Waals surface area contributed by atoms with Crippen molar-refractivity contribution in [1.29, 1.82) is 0 Å². The quantitative estimate of drug-likeness (QED) is 0.691. The summed E-state index contributed by atoms with van der Waals surface area (Å²) in [6, 6.07) is 14.9. The molecular weight excluding hydrogens is 325 g/mol. The van der Waals surface area contributed by atoms with Gasteiger partial charge in [0.15, 0.2) is 0 Å². The maximum absolute atomic E-state index is 6.41. The van der Waals surface area contributed by atoms with Crippen LogP contribution >= 0.6 is 35.6 Å². The number of benzene rings is 2. The lowest BCUT2D eigenvalue weighted by atomic mass is 9.93. The molecule has 112 valence electrons. The molecule has 1 aliphatic carbocycles. The van der Waals surface area contributed by atoms with Crippen LogP contribution in [0.2, 0.25) is 10.0 Å². The van der Waals surface area contributed by atoms with Gasteiger partial charge in [-0.1, -0.05) is 53.5 Å². The Morgan fingerprint density at radius 3 is 2.24 bits per heavy atom. The van der Waals surface area contributed by atoms with Gasteiger partial charge in [0.1, 0.15) is 0 Å². The zero-order valence-corrected chi connectivity index (χ0v) is 14.3. The fraction of sp³-hybridized carbons (Fsp3) is 0.294. The van der Waals surface area contributed by atoms with Crippen molar-refractivity contribution >= 4 is 35.6 Å². The van der Waals surface area contributed by atoms with E-state index < -0.39 is 0 Å². The average molecular weight is 343 g/mol. The van der Waals surface area contributed by atoms with Crippen LogP contribution < -0.4 is 0 Å². The van der Waals surface area contributed by atoms with E-state index in [0.29, 0.717) is 17.0 Å². The molecule has 2 atom stereocenters. The van der Waals surface area contributed by atoms with E-state index in [1.807, 2.05) is 12.1 Å². The third-order valence-corrected chi connectivity index (χ3v) is 4.71. The van der Waals surface area contributed by atoms with Gasteiger partial charge >= 0.3 is 0 Å². The third kappa shape index (κ3) is 3.07. The van der Waals surface area contributed by atoms with Crippen LogP contribution in [-0.2, 0) is 0 Å². The highest BCUT2D eigenvalue weighted by molar-refractivity contribution is 6.35. The Hall–Kier alpha value is -0.730. The molecule has 0 spiro atoms. The zero-order chi connectivity index (χ0) is 14.3. The fourth-order valence-corrected chi connectivity index (χ4v) is 3.72. The monoisotopic (exact) mass is 341 g/mol. The van der Waals surface area contributed by atoms with Gasteiger partial charge in [-0.2, -0.15) is 0 Å². The van der Waals surface area contributed by atoms with Gasteiger partial charge in [0.05, 0.1) is 0 Å². The molecule has 0 aliphatic heterocycles. The molecule has 1 aliphatic rings.